The second-order valence-electron chi connectivity index (χ2n) is 10.2. The number of benzene rings is 4. The molecule has 0 amide bonds. The first-order valence-corrected chi connectivity index (χ1v) is 15.0. The van der Waals surface area contributed by atoms with Crippen molar-refractivity contribution in [1.82, 2.24) is 4.98 Å². The quantitative estimate of drug-likeness (QED) is 0.0819. The normalized spacial score (nSPS) is 11.2. The van der Waals surface area contributed by atoms with Gasteiger partial charge in [-0.1, -0.05) is 24.3 Å². The lowest BCUT2D eigenvalue weighted by molar-refractivity contribution is 0.104. The van der Waals surface area contributed by atoms with Crippen molar-refractivity contribution in [1.29, 1.82) is 0 Å². The number of methoxy groups -OCH3 is 2. The van der Waals surface area contributed by atoms with E-state index in [0.29, 0.717) is 42.4 Å². The maximum Gasteiger partial charge on any atom is 0.185 e. The first-order chi connectivity index (χ1) is 20.9. The van der Waals surface area contributed by atoms with Gasteiger partial charge in [-0.2, -0.15) is 0 Å². The highest BCUT2D eigenvalue weighted by molar-refractivity contribution is 7.21. The number of ether oxygens (including phenoxy) is 4. The Labute approximate surface area is 256 Å². The molecule has 6 nitrogen and oxygen atoms in total. The number of aryl methyl sites for hydroxylation is 2. The zero-order chi connectivity index (χ0) is 30.3. The highest BCUT2D eigenvalue weighted by Crippen LogP contribution is 2.33. The number of aromatic nitrogens is 1. The molecule has 5 aromatic rings. The third-order valence-electron chi connectivity index (χ3n) is 7.26. The van der Waals surface area contributed by atoms with Crippen molar-refractivity contribution in [2.24, 2.45) is 0 Å². The van der Waals surface area contributed by atoms with Crippen LogP contribution in [-0.2, 0) is 0 Å². The Balaban J connectivity index is 1.16. The number of hydrogen-bond donors (Lipinski definition) is 0. The molecule has 7 heteroatoms. The van der Waals surface area contributed by atoms with Gasteiger partial charge >= 0.3 is 0 Å². The number of rotatable bonds is 12. The SMILES string of the molecule is COc1ccc(/C=C/C(=O)c2cc(C)c(C)c(OC)c2)cc1OCCCOc1ccc(-c2nc3ccccc3s2)cc1C. The minimum absolute atomic E-state index is 0.0970. The van der Waals surface area contributed by atoms with Crippen LogP contribution in [0.4, 0.5) is 0 Å². The minimum Gasteiger partial charge on any atom is -0.496 e. The van der Waals surface area contributed by atoms with Crippen molar-refractivity contribution >= 4 is 33.4 Å². The molecule has 1 heterocycles. The summed E-state index contributed by atoms with van der Waals surface area (Å²) in [5.41, 5.74) is 6.63. The summed E-state index contributed by atoms with van der Waals surface area (Å²) in [5, 5.41) is 1.00. The molecule has 0 aliphatic heterocycles. The van der Waals surface area contributed by atoms with Gasteiger partial charge in [0.05, 0.1) is 37.6 Å². The van der Waals surface area contributed by atoms with Crippen molar-refractivity contribution in [3.8, 4) is 33.6 Å². The van der Waals surface area contributed by atoms with Gasteiger partial charge in [0.25, 0.3) is 0 Å². The van der Waals surface area contributed by atoms with E-state index in [4.69, 9.17) is 23.9 Å². The van der Waals surface area contributed by atoms with Gasteiger partial charge in [-0.15, -0.1) is 11.3 Å². The molecule has 0 radical (unpaired) electrons. The lowest BCUT2D eigenvalue weighted by Crippen LogP contribution is -2.06. The average molecular weight is 594 g/mol. The number of carbonyl (C=O) groups excluding carboxylic acids is 1. The highest BCUT2D eigenvalue weighted by Gasteiger charge is 2.11. The van der Waals surface area contributed by atoms with Crippen LogP contribution in [0.3, 0.4) is 0 Å². The smallest absolute Gasteiger partial charge is 0.185 e. The van der Waals surface area contributed by atoms with Gasteiger partial charge in [0.2, 0.25) is 0 Å². The Morgan fingerprint density at radius 1 is 0.791 bits per heavy atom. The largest absolute Gasteiger partial charge is 0.496 e. The molecule has 0 spiro atoms. The maximum absolute atomic E-state index is 12.9. The number of ketones is 1. The van der Waals surface area contributed by atoms with Gasteiger partial charge in [-0.25, -0.2) is 4.98 Å². The molecule has 220 valence electrons. The Morgan fingerprint density at radius 3 is 2.28 bits per heavy atom. The fraction of sp³-hybridized carbons (Fsp3) is 0.222. The summed E-state index contributed by atoms with van der Waals surface area (Å²) >= 11 is 1.69. The molecule has 0 saturated carbocycles. The number of fused-ring (bicyclic) bond motifs is 1. The van der Waals surface area contributed by atoms with Crippen LogP contribution >= 0.6 is 11.3 Å². The van der Waals surface area contributed by atoms with Crippen LogP contribution in [0.1, 0.15) is 39.0 Å². The van der Waals surface area contributed by atoms with Gasteiger partial charge in [0.15, 0.2) is 17.3 Å². The molecule has 0 aliphatic carbocycles. The van der Waals surface area contributed by atoms with Crippen LogP contribution in [0.2, 0.25) is 0 Å². The lowest BCUT2D eigenvalue weighted by Gasteiger charge is -2.13. The van der Waals surface area contributed by atoms with Crippen LogP contribution in [0.25, 0.3) is 26.9 Å². The molecule has 0 bridgehead atoms. The summed E-state index contributed by atoms with van der Waals surface area (Å²) in [7, 11) is 3.22. The van der Waals surface area contributed by atoms with Gasteiger partial charge in [0.1, 0.15) is 16.5 Å². The summed E-state index contributed by atoms with van der Waals surface area (Å²) in [6.07, 6.45) is 4.03. The summed E-state index contributed by atoms with van der Waals surface area (Å²) < 4.78 is 24.2. The number of para-hydroxylation sites is 1. The molecule has 5 rings (SSSR count). The predicted molar refractivity (Wildman–Crippen MR) is 174 cm³/mol. The molecular weight excluding hydrogens is 558 g/mol. The van der Waals surface area contributed by atoms with Crippen molar-refractivity contribution < 1.29 is 23.7 Å². The third kappa shape index (κ3) is 7.07. The second-order valence-corrected chi connectivity index (χ2v) is 11.3. The van der Waals surface area contributed by atoms with Gasteiger partial charge in [0, 0.05) is 17.5 Å². The second kappa shape index (κ2) is 13.6. The summed E-state index contributed by atoms with van der Waals surface area (Å²) in [6, 6.07) is 23.6. The van der Waals surface area contributed by atoms with Crippen LogP contribution < -0.4 is 18.9 Å². The van der Waals surface area contributed by atoms with Gasteiger partial charge in [-0.05, 0) is 104 Å². The van der Waals surface area contributed by atoms with Gasteiger partial charge in [-0.3, -0.25) is 4.79 Å². The summed E-state index contributed by atoms with van der Waals surface area (Å²) in [5.74, 6) is 2.70. The molecule has 1 aromatic heterocycles. The average Bonchev–Trinajstić information content (AvgIpc) is 3.46. The van der Waals surface area contributed by atoms with Crippen LogP contribution in [0.5, 0.6) is 23.0 Å². The molecule has 43 heavy (non-hydrogen) atoms. The Kier molecular flexibility index (Phi) is 9.42. The van der Waals surface area contributed by atoms with Crippen molar-refractivity contribution in [3.63, 3.8) is 0 Å². The number of hydrogen-bond acceptors (Lipinski definition) is 7. The Hall–Kier alpha value is -4.62. The first-order valence-electron chi connectivity index (χ1n) is 14.1. The number of allylic oxidation sites excluding steroid dienone is 1. The first kappa shape index (κ1) is 29.9. The molecule has 0 N–H and O–H groups in total. The Bertz CT molecular complexity index is 1760. The Morgan fingerprint density at radius 2 is 1.53 bits per heavy atom. The highest BCUT2D eigenvalue weighted by atomic mass is 32.1. The molecule has 0 fully saturated rings. The molecule has 4 aromatic carbocycles. The fourth-order valence-electron chi connectivity index (χ4n) is 4.72. The van der Waals surface area contributed by atoms with Crippen LogP contribution in [0.15, 0.2) is 78.9 Å². The lowest BCUT2D eigenvalue weighted by atomic mass is 10.0. The predicted octanol–water partition coefficient (Wildman–Crippen LogP) is 8.65. The zero-order valence-electron chi connectivity index (χ0n) is 25.1. The molecular formula is C36H35NO5S. The van der Waals surface area contributed by atoms with Crippen molar-refractivity contribution in [2.75, 3.05) is 27.4 Å². The van der Waals surface area contributed by atoms with Crippen LogP contribution in [0, 0.1) is 20.8 Å². The van der Waals surface area contributed by atoms with Crippen molar-refractivity contribution in [2.45, 2.75) is 27.2 Å². The molecule has 0 atom stereocenters. The summed E-state index contributed by atoms with van der Waals surface area (Å²) in [4.78, 5) is 17.6. The monoisotopic (exact) mass is 593 g/mol. The van der Waals surface area contributed by atoms with E-state index < -0.39 is 0 Å². The van der Waals surface area contributed by atoms with Gasteiger partial charge < -0.3 is 18.9 Å². The third-order valence-corrected chi connectivity index (χ3v) is 8.34. The van der Waals surface area contributed by atoms with E-state index in [9.17, 15) is 4.79 Å². The zero-order valence-corrected chi connectivity index (χ0v) is 25.9. The molecule has 0 unspecified atom stereocenters. The van der Waals surface area contributed by atoms with E-state index in [1.807, 2.05) is 69.3 Å². The van der Waals surface area contributed by atoms with E-state index in [1.54, 1.807) is 43.8 Å². The molecule has 0 aliphatic rings. The number of carbonyl (C=O) groups is 1. The van der Waals surface area contributed by atoms with E-state index >= 15 is 0 Å². The van der Waals surface area contributed by atoms with Crippen molar-refractivity contribution in [3.05, 3.63) is 107 Å². The topological polar surface area (TPSA) is 66.9 Å². The van der Waals surface area contributed by atoms with Crippen LogP contribution in [-0.4, -0.2) is 38.2 Å². The van der Waals surface area contributed by atoms with E-state index in [1.165, 1.54) is 4.70 Å². The maximum atomic E-state index is 12.9. The minimum atomic E-state index is -0.0970. The van der Waals surface area contributed by atoms with E-state index in [0.717, 1.165) is 44.1 Å². The standard InChI is InChI=1S/C36H35NO5S/c1-23-19-28(22-33(40-5)25(23)3)30(38)14-11-26-12-15-32(39-4)34(21-26)42-18-8-17-41-31-16-13-27(20-24(31)2)36-37-29-9-6-7-10-35(29)43-36/h6-7,9-16,19-22H,8,17-18H2,1-5H3/b14-11+. The summed E-state index contributed by atoms with van der Waals surface area (Å²) in [6.45, 7) is 6.96. The van der Waals surface area contributed by atoms with E-state index in [-0.39, 0.29) is 5.78 Å². The fourth-order valence-corrected chi connectivity index (χ4v) is 5.68. The number of thiazole rings is 1. The molecule has 0 saturated heterocycles. The van der Waals surface area contributed by atoms with E-state index in [2.05, 4.69) is 18.2 Å². The number of nitrogens with zero attached hydrogens (tertiary/aromatic N) is 1.